The Labute approximate surface area is 84.4 Å². The van der Waals surface area contributed by atoms with Gasteiger partial charge in [-0.1, -0.05) is 0 Å². The van der Waals surface area contributed by atoms with Crippen molar-refractivity contribution in [2.45, 2.75) is 0 Å². The minimum Gasteiger partial charge on any atom is -0.478 e. The third-order valence-electron chi connectivity index (χ3n) is 2.01. The summed E-state index contributed by atoms with van der Waals surface area (Å²) in [7, 11) is 0. The number of carbonyl (C=O) groups is 1. The van der Waals surface area contributed by atoms with Gasteiger partial charge in [-0.15, -0.1) is 0 Å². The molecule has 0 saturated carbocycles. The van der Waals surface area contributed by atoms with Gasteiger partial charge in [0.15, 0.2) is 0 Å². The van der Waals surface area contributed by atoms with Crippen LogP contribution in [-0.4, -0.2) is 21.0 Å². The SMILES string of the molecule is O=C(O)c1cc(-c2cnc[nH]2)ccc1F. The maximum absolute atomic E-state index is 13.1. The van der Waals surface area contributed by atoms with Crippen molar-refractivity contribution >= 4 is 5.97 Å². The van der Waals surface area contributed by atoms with Gasteiger partial charge in [-0.05, 0) is 18.2 Å². The van der Waals surface area contributed by atoms with Crippen LogP contribution in [0.3, 0.4) is 0 Å². The van der Waals surface area contributed by atoms with Crippen LogP contribution in [0, 0.1) is 5.82 Å². The summed E-state index contributed by atoms with van der Waals surface area (Å²) in [6, 6.07) is 3.89. The van der Waals surface area contributed by atoms with Gasteiger partial charge in [-0.25, -0.2) is 14.2 Å². The molecule has 1 heterocycles. The lowest BCUT2D eigenvalue weighted by molar-refractivity contribution is 0.0692. The van der Waals surface area contributed by atoms with E-state index in [2.05, 4.69) is 9.97 Å². The minimum absolute atomic E-state index is 0.345. The van der Waals surface area contributed by atoms with Crippen molar-refractivity contribution in [3.63, 3.8) is 0 Å². The van der Waals surface area contributed by atoms with E-state index in [9.17, 15) is 9.18 Å². The van der Waals surface area contributed by atoms with E-state index < -0.39 is 11.8 Å². The van der Waals surface area contributed by atoms with Crippen LogP contribution in [0.25, 0.3) is 11.3 Å². The topological polar surface area (TPSA) is 66.0 Å². The van der Waals surface area contributed by atoms with Gasteiger partial charge in [0, 0.05) is 5.56 Å². The lowest BCUT2D eigenvalue weighted by Gasteiger charge is -2.01. The average molecular weight is 206 g/mol. The highest BCUT2D eigenvalue weighted by molar-refractivity contribution is 5.89. The fraction of sp³-hybridized carbons (Fsp3) is 0. The van der Waals surface area contributed by atoms with Crippen LogP contribution in [0.15, 0.2) is 30.7 Å². The van der Waals surface area contributed by atoms with Crippen LogP contribution in [0.2, 0.25) is 0 Å². The Bertz CT molecular complexity index is 494. The molecule has 0 unspecified atom stereocenters. The van der Waals surface area contributed by atoms with Gasteiger partial charge in [-0.3, -0.25) is 0 Å². The zero-order chi connectivity index (χ0) is 10.8. The molecule has 0 atom stereocenters. The zero-order valence-corrected chi connectivity index (χ0v) is 7.57. The molecule has 2 aromatic rings. The molecule has 4 nitrogen and oxygen atoms in total. The van der Waals surface area contributed by atoms with Crippen LogP contribution in [0.4, 0.5) is 4.39 Å². The summed E-state index contributed by atoms with van der Waals surface area (Å²) < 4.78 is 13.1. The standard InChI is InChI=1S/C10H7FN2O2/c11-8-2-1-6(3-7(8)10(14)15)9-4-12-5-13-9/h1-5H,(H,12,13)(H,14,15). The number of halogens is 1. The first-order valence-corrected chi connectivity index (χ1v) is 4.20. The van der Waals surface area contributed by atoms with Crippen molar-refractivity contribution in [2.75, 3.05) is 0 Å². The molecule has 0 aliphatic heterocycles. The largest absolute Gasteiger partial charge is 0.478 e. The maximum atomic E-state index is 13.1. The highest BCUT2D eigenvalue weighted by Gasteiger charge is 2.11. The molecule has 5 heteroatoms. The number of aromatic carboxylic acids is 1. The number of hydrogen-bond donors (Lipinski definition) is 2. The second kappa shape index (κ2) is 3.53. The lowest BCUT2D eigenvalue weighted by Crippen LogP contribution is -2.00. The highest BCUT2D eigenvalue weighted by Crippen LogP contribution is 2.19. The monoisotopic (exact) mass is 206 g/mol. The van der Waals surface area contributed by atoms with Crippen LogP contribution >= 0.6 is 0 Å². The number of rotatable bonds is 2. The van der Waals surface area contributed by atoms with Crippen molar-refractivity contribution < 1.29 is 14.3 Å². The minimum atomic E-state index is -1.28. The van der Waals surface area contributed by atoms with Gasteiger partial charge in [0.05, 0.1) is 23.8 Å². The smallest absolute Gasteiger partial charge is 0.338 e. The average Bonchev–Trinajstić information content (AvgIpc) is 2.71. The Hall–Kier alpha value is -2.17. The molecule has 15 heavy (non-hydrogen) atoms. The number of benzene rings is 1. The first kappa shape index (κ1) is 9.39. The van der Waals surface area contributed by atoms with E-state index in [4.69, 9.17) is 5.11 Å². The summed E-state index contributed by atoms with van der Waals surface area (Å²) in [6.45, 7) is 0. The molecule has 0 radical (unpaired) electrons. The summed E-state index contributed by atoms with van der Waals surface area (Å²) in [5, 5.41) is 8.72. The van der Waals surface area contributed by atoms with Crippen molar-refractivity contribution in [1.29, 1.82) is 0 Å². The van der Waals surface area contributed by atoms with Crippen molar-refractivity contribution in [3.8, 4) is 11.3 Å². The van der Waals surface area contributed by atoms with E-state index in [-0.39, 0.29) is 5.56 Å². The number of carboxylic acid groups (broad SMARTS) is 1. The molecule has 76 valence electrons. The van der Waals surface area contributed by atoms with Crippen LogP contribution in [0.5, 0.6) is 0 Å². The van der Waals surface area contributed by atoms with E-state index in [1.807, 2.05) is 0 Å². The lowest BCUT2D eigenvalue weighted by atomic mass is 10.1. The van der Waals surface area contributed by atoms with Crippen LogP contribution < -0.4 is 0 Å². The molecule has 0 bridgehead atoms. The Morgan fingerprint density at radius 2 is 2.27 bits per heavy atom. The molecule has 0 saturated heterocycles. The number of nitrogens with one attached hydrogen (secondary N) is 1. The number of H-pyrrole nitrogens is 1. The third-order valence-corrected chi connectivity index (χ3v) is 2.01. The summed E-state index contributed by atoms with van der Waals surface area (Å²) in [4.78, 5) is 17.3. The van der Waals surface area contributed by atoms with E-state index in [1.165, 1.54) is 18.5 Å². The second-order valence-corrected chi connectivity index (χ2v) is 2.97. The second-order valence-electron chi connectivity index (χ2n) is 2.97. The summed E-state index contributed by atoms with van der Waals surface area (Å²) >= 11 is 0. The van der Waals surface area contributed by atoms with Gasteiger partial charge in [0.1, 0.15) is 5.82 Å². The Morgan fingerprint density at radius 3 is 2.87 bits per heavy atom. The quantitative estimate of drug-likeness (QED) is 0.788. The molecule has 2 N–H and O–H groups in total. The van der Waals surface area contributed by atoms with Gasteiger partial charge < -0.3 is 10.1 Å². The molecule has 0 aliphatic carbocycles. The predicted molar refractivity (Wildman–Crippen MR) is 50.9 cm³/mol. The molecular formula is C10H7FN2O2. The fourth-order valence-corrected chi connectivity index (χ4v) is 1.27. The fourth-order valence-electron chi connectivity index (χ4n) is 1.27. The molecule has 0 aliphatic rings. The van der Waals surface area contributed by atoms with E-state index in [1.54, 1.807) is 6.20 Å². The van der Waals surface area contributed by atoms with Crippen molar-refractivity contribution in [2.24, 2.45) is 0 Å². The Morgan fingerprint density at radius 1 is 1.47 bits per heavy atom. The summed E-state index contributed by atoms with van der Waals surface area (Å²) in [6.07, 6.45) is 3.01. The number of carboxylic acids is 1. The Kier molecular flexibility index (Phi) is 2.21. The van der Waals surface area contributed by atoms with Gasteiger partial charge in [0.25, 0.3) is 0 Å². The molecule has 0 amide bonds. The van der Waals surface area contributed by atoms with E-state index in [0.717, 1.165) is 6.07 Å². The number of aromatic amines is 1. The predicted octanol–water partition coefficient (Wildman–Crippen LogP) is 1.91. The van der Waals surface area contributed by atoms with E-state index in [0.29, 0.717) is 11.3 Å². The van der Waals surface area contributed by atoms with Crippen molar-refractivity contribution in [1.82, 2.24) is 9.97 Å². The number of hydrogen-bond acceptors (Lipinski definition) is 2. The Balaban J connectivity index is 2.52. The molecule has 0 spiro atoms. The maximum Gasteiger partial charge on any atom is 0.338 e. The molecule has 1 aromatic heterocycles. The summed E-state index contributed by atoms with van der Waals surface area (Å²) in [5.41, 5.74) is 0.894. The number of nitrogens with zero attached hydrogens (tertiary/aromatic N) is 1. The first-order chi connectivity index (χ1) is 7.18. The highest BCUT2D eigenvalue weighted by atomic mass is 19.1. The number of aromatic nitrogens is 2. The van der Waals surface area contributed by atoms with E-state index >= 15 is 0 Å². The van der Waals surface area contributed by atoms with Gasteiger partial charge >= 0.3 is 5.97 Å². The molecular weight excluding hydrogens is 199 g/mol. The van der Waals surface area contributed by atoms with Gasteiger partial charge in [-0.2, -0.15) is 0 Å². The third kappa shape index (κ3) is 1.71. The molecule has 0 fully saturated rings. The number of imidazole rings is 1. The summed E-state index contributed by atoms with van der Waals surface area (Å²) in [5.74, 6) is -2.03. The van der Waals surface area contributed by atoms with Crippen molar-refractivity contribution in [3.05, 3.63) is 42.1 Å². The van der Waals surface area contributed by atoms with Crippen LogP contribution in [-0.2, 0) is 0 Å². The first-order valence-electron chi connectivity index (χ1n) is 4.20. The normalized spacial score (nSPS) is 10.2. The zero-order valence-electron chi connectivity index (χ0n) is 7.57. The van der Waals surface area contributed by atoms with Gasteiger partial charge in [0.2, 0.25) is 0 Å². The van der Waals surface area contributed by atoms with Crippen LogP contribution in [0.1, 0.15) is 10.4 Å². The molecule has 1 aromatic carbocycles. The molecule has 2 rings (SSSR count).